The molecule has 0 fully saturated rings. The van der Waals surface area contributed by atoms with Gasteiger partial charge in [0.1, 0.15) is 23.6 Å². The van der Waals surface area contributed by atoms with Gasteiger partial charge in [0.2, 0.25) is 0 Å². The van der Waals surface area contributed by atoms with Crippen LogP contribution in [-0.2, 0) is 10.8 Å². The van der Waals surface area contributed by atoms with Gasteiger partial charge < -0.3 is 18.4 Å². The smallest absolute Gasteiger partial charge is 0.328 e. The second-order valence-electron chi connectivity index (χ2n) is 22.8. The summed E-state index contributed by atoms with van der Waals surface area (Å²) in [6.45, 7) is 12.8. The monoisotopic (exact) mass is 1320 g/mol. The molecule has 2 aliphatic rings. The minimum absolute atomic E-state index is 0.227. The van der Waals surface area contributed by atoms with E-state index in [0.717, 1.165) is 77.6 Å². The number of alkyl halides is 2. The quantitative estimate of drug-likeness (QED) is 0.0546. The molecule has 10 aromatic rings. The number of halogens is 2. The summed E-state index contributed by atoms with van der Waals surface area (Å²) < 4.78 is 18.6. The first-order valence-electron chi connectivity index (χ1n) is 28.5. The lowest BCUT2D eigenvalue weighted by Crippen LogP contribution is -2.54. The molecule has 2 aromatic heterocycles. The molecule has 0 N–H and O–H groups in total. The van der Waals surface area contributed by atoms with Crippen molar-refractivity contribution in [3.8, 4) is 46.2 Å². The largest absolute Gasteiger partial charge is 0.492 e. The standard InChI is InChI=1S/C72H60B2I2N6O2/c1-47(75)45-83-55-35-23-25-49(41-55)65-63-64(68(58(44-78)70-72(5,6)60-38-20-22-40-62(60)80-70)81(65)73(51-27-11-7-12-28-51)52-29-13-8-14-30-52)66(50-26-24-36-56(42-50)84-46-48(2)76)82(74(53-31-15-9-16-32-53)54-33-17-10-18-34-54)67(63)57(43-77)69-71(3,4)59-37-19-21-39-61(59)79-69/h7-42,47-48H,45-46H2,1-6H3/b67-57-,68-58-. The molecule has 0 aliphatic carbocycles. The molecule has 2 unspecified atom stereocenters. The molecule has 8 nitrogen and oxygen atoms in total. The van der Waals surface area contributed by atoms with Crippen molar-refractivity contribution < 1.29 is 9.47 Å². The second-order valence-corrected chi connectivity index (χ2v) is 27.0. The maximum absolute atomic E-state index is 12.7. The number of benzene rings is 8. The molecule has 84 heavy (non-hydrogen) atoms. The molecule has 0 saturated heterocycles. The van der Waals surface area contributed by atoms with E-state index in [2.05, 4.69) is 266 Å². The van der Waals surface area contributed by atoms with Crippen molar-refractivity contribution in [1.82, 2.24) is 8.96 Å². The number of ether oxygens (including phenoxy) is 2. The highest BCUT2D eigenvalue weighted by Crippen LogP contribution is 2.45. The number of hydrogen-bond donors (Lipinski definition) is 0. The van der Waals surface area contributed by atoms with E-state index >= 15 is 0 Å². The van der Waals surface area contributed by atoms with Gasteiger partial charge in [-0.05, 0) is 47.5 Å². The molecule has 0 bridgehead atoms. The lowest BCUT2D eigenvalue weighted by atomic mass is 9.50. The Labute approximate surface area is 520 Å². The normalized spacial score (nSPS) is 15.1. The van der Waals surface area contributed by atoms with E-state index in [1.165, 1.54) is 0 Å². The van der Waals surface area contributed by atoms with Crippen LogP contribution in [0.3, 0.4) is 0 Å². The van der Waals surface area contributed by atoms with Crippen molar-refractivity contribution in [3.63, 3.8) is 0 Å². The summed E-state index contributed by atoms with van der Waals surface area (Å²) in [6, 6.07) is 81.3. The van der Waals surface area contributed by atoms with Crippen LogP contribution in [0.15, 0.2) is 228 Å². The van der Waals surface area contributed by atoms with Crippen LogP contribution in [0.5, 0.6) is 11.5 Å². The van der Waals surface area contributed by atoms with Crippen molar-refractivity contribution in [1.29, 1.82) is 10.5 Å². The fourth-order valence-corrected chi connectivity index (χ4v) is 12.9. The summed E-state index contributed by atoms with van der Waals surface area (Å²) >= 11 is 4.82. The zero-order chi connectivity index (χ0) is 58.3. The van der Waals surface area contributed by atoms with Gasteiger partial charge in [0.15, 0.2) is 0 Å². The van der Waals surface area contributed by atoms with Crippen molar-refractivity contribution in [2.24, 2.45) is 9.98 Å². The lowest BCUT2D eigenvalue weighted by molar-refractivity contribution is 0.326. The van der Waals surface area contributed by atoms with E-state index in [4.69, 9.17) is 19.5 Å². The van der Waals surface area contributed by atoms with Crippen LogP contribution in [0.25, 0.3) is 44.4 Å². The van der Waals surface area contributed by atoms with E-state index in [0.29, 0.717) is 58.0 Å². The predicted molar refractivity (Wildman–Crippen MR) is 366 cm³/mol. The summed E-state index contributed by atoms with van der Waals surface area (Å²) in [5.74, 6) is 1.39. The Morgan fingerprint density at radius 1 is 0.464 bits per heavy atom. The van der Waals surface area contributed by atoms with Crippen LogP contribution < -0.4 is 42.0 Å². The van der Waals surface area contributed by atoms with Crippen molar-refractivity contribution in [2.45, 2.75) is 60.2 Å². The minimum atomic E-state index is -0.730. The molecule has 0 radical (unpaired) electrons. The van der Waals surface area contributed by atoms with E-state index < -0.39 is 24.5 Å². The highest BCUT2D eigenvalue weighted by Gasteiger charge is 2.43. The average molecular weight is 1320 g/mol. The molecular formula is C72H60B2I2N6O2. The molecular weight excluding hydrogens is 1260 g/mol. The van der Waals surface area contributed by atoms with Crippen molar-refractivity contribution in [2.75, 3.05) is 13.2 Å². The first kappa shape index (κ1) is 56.3. The Hall–Kier alpha value is -8.17. The Bertz CT molecular complexity index is 4060. The predicted octanol–water partition coefficient (Wildman–Crippen LogP) is 13.0. The Kier molecular flexibility index (Phi) is 15.7. The summed E-state index contributed by atoms with van der Waals surface area (Å²) in [5.41, 5.74) is 11.6. The van der Waals surface area contributed by atoms with Crippen LogP contribution in [0.4, 0.5) is 11.4 Å². The van der Waals surface area contributed by atoms with Crippen LogP contribution >= 0.6 is 45.2 Å². The maximum Gasteiger partial charge on any atom is 0.328 e. The number of para-hydroxylation sites is 2. The lowest BCUT2D eigenvalue weighted by Gasteiger charge is -2.26. The van der Waals surface area contributed by atoms with Crippen molar-refractivity contribution in [3.05, 3.63) is 240 Å². The summed E-state index contributed by atoms with van der Waals surface area (Å²) in [5, 5.41) is 28.2. The highest BCUT2D eigenvalue weighted by molar-refractivity contribution is 14.1. The molecule has 0 saturated carbocycles. The number of hydrogen-bond acceptors (Lipinski definition) is 6. The average Bonchev–Trinajstić information content (AvgIpc) is 1.54. The SMILES string of the molecule is CC(I)COc1cccc(-c2c3/c(=C(\C#N)C4=Nc5ccccc5C4(C)C)n(B(c4ccccc4)c4ccccc4)c(-c4cccc(OCC(C)I)c4)c3/c(=C(\C#N)C3=Nc4ccccc4C3(C)C)n2B(c2ccccc2)c2ccccc2)c1. The van der Waals surface area contributed by atoms with Gasteiger partial charge in [0, 0.05) is 52.0 Å². The highest BCUT2D eigenvalue weighted by atomic mass is 127. The molecule has 8 aromatic carbocycles. The van der Waals surface area contributed by atoms with Gasteiger partial charge in [-0.3, -0.25) is 9.98 Å². The molecule has 0 amide bonds. The Balaban J connectivity index is 1.44. The topological polar surface area (TPSA) is 101 Å². The van der Waals surface area contributed by atoms with Crippen LogP contribution in [0, 0.1) is 22.7 Å². The number of nitrogens with zero attached hydrogens (tertiary/aromatic N) is 6. The fourth-order valence-electron chi connectivity index (χ4n) is 12.5. The van der Waals surface area contributed by atoms with Crippen LogP contribution in [0.2, 0.25) is 0 Å². The zero-order valence-electron chi connectivity index (χ0n) is 47.8. The van der Waals surface area contributed by atoms with Gasteiger partial charge in [-0.1, -0.05) is 291 Å². The number of aliphatic imine (C=N–C) groups is 2. The van der Waals surface area contributed by atoms with E-state index in [-0.39, 0.29) is 7.85 Å². The van der Waals surface area contributed by atoms with E-state index in [1.54, 1.807) is 0 Å². The third-order valence-corrected chi connectivity index (χ3v) is 17.0. The van der Waals surface area contributed by atoms with Gasteiger partial charge >= 0.3 is 13.7 Å². The third-order valence-electron chi connectivity index (χ3n) is 16.3. The molecule has 12 rings (SSSR count). The minimum Gasteiger partial charge on any atom is -0.492 e. The van der Waals surface area contributed by atoms with E-state index in [9.17, 15) is 10.5 Å². The first-order valence-corrected chi connectivity index (χ1v) is 31.0. The molecule has 410 valence electrons. The maximum atomic E-state index is 12.7. The number of fused-ring (bicyclic) bond motifs is 3. The van der Waals surface area contributed by atoms with Crippen molar-refractivity contribution >= 4 is 125 Å². The summed E-state index contributed by atoms with van der Waals surface area (Å²) in [6.07, 6.45) is 0. The Morgan fingerprint density at radius 3 is 1.10 bits per heavy atom. The zero-order valence-corrected chi connectivity index (χ0v) is 52.1. The van der Waals surface area contributed by atoms with Gasteiger partial charge in [-0.2, -0.15) is 10.5 Å². The number of aromatic nitrogens is 2. The summed E-state index contributed by atoms with van der Waals surface area (Å²) in [7, 11) is 0. The van der Waals surface area contributed by atoms with Gasteiger partial charge in [-0.25, -0.2) is 0 Å². The Morgan fingerprint density at radius 2 is 0.786 bits per heavy atom. The third kappa shape index (κ3) is 10.2. The fraction of sp³-hybridized carbons (Fsp3) is 0.167. The molecule has 2 aliphatic heterocycles. The molecule has 12 heteroatoms. The summed E-state index contributed by atoms with van der Waals surface area (Å²) in [4.78, 5) is 11.1. The number of nitriles is 2. The van der Waals surface area contributed by atoms with Gasteiger partial charge in [0.25, 0.3) is 0 Å². The first-order chi connectivity index (χ1) is 40.8. The second kappa shape index (κ2) is 23.5. The van der Waals surface area contributed by atoms with Gasteiger partial charge in [0.05, 0.1) is 57.9 Å². The molecule has 4 heterocycles. The number of rotatable bonds is 16. The van der Waals surface area contributed by atoms with E-state index in [1.807, 2.05) is 60.7 Å². The molecule has 0 spiro atoms. The van der Waals surface area contributed by atoms with Crippen LogP contribution in [-0.4, -0.2) is 55.1 Å². The molecule has 2 atom stereocenters. The van der Waals surface area contributed by atoms with Crippen LogP contribution in [0.1, 0.15) is 52.7 Å². The van der Waals surface area contributed by atoms with Gasteiger partial charge in [-0.15, -0.1) is 0 Å².